The minimum absolute atomic E-state index is 0.0144. The van der Waals surface area contributed by atoms with Gasteiger partial charge < -0.3 is 15.2 Å². The molecule has 1 aromatic carbocycles. The highest BCUT2D eigenvalue weighted by molar-refractivity contribution is 9.10. The third-order valence-corrected chi connectivity index (χ3v) is 2.75. The highest BCUT2D eigenvalue weighted by Crippen LogP contribution is 2.20. The molecule has 7 heteroatoms. The van der Waals surface area contributed by atoms with Crippen molar-refractivity contribution in [3.05, 3.63) is 28.2 Å². The number of ether oxygens (including phenoxy) is 1. The third kappa shape index (κ3) is 5.40. The average molecular weight is 344 g/mol. The summed E-state index contributed by atoms with van der Waals surface area (Å²) in [6.45, 7) is 1.96. The van der Waals surface area contributed by atoms with Crippen LogP contribution < -0.4 is 5.32 Å². The molecule has 1 aromatic rings. The molecule has 0 fully saturated rings. The normalized spacial score (nSPS) is 9.90. The molecule has 0 saturated carbocycles. The lowest BCUT2D eigenvalue weighted by molar-refractivity contribution is -0.144. The standard InChI is InChI=1S/C13H14BrNO5/c1-2-20-12(17)4-3-11(16)15-10-6-8(13(18)19)5-9(14)7-10/h5-7H,2-4H2,1H3,(H,15,16)(H,18,19). The number of carbonyl (C=O) groups is 3. The number of hydrogen-bond acceptors (Lipinski definition) is 4. The molecule has 0 radical (unpaired) electrons. The molecule has 6 nitrogen and oxygen atoms in total. The molecular weight excluding hydrogens is 330 g/mol. The lowest BCUT2D eigenvalue weighted by Crippen LogP contribution is -2.15. The molecule has 0 heterocycles. The van der Waals surface area contributed by atoms with Crippen molar-refractivity contribution in [3.8, 4) is 0 Å². The van der Waals surface area contributed by atoms with Crippen molar-refractivity contribution < 1.29 is 24.2 Å². The highest BCUT2D eigenvalue weighted by atomic mass is 79.9. The number of hydrogen-bond donors (Lipinski definition) is 2. The first-order valence-electron chi connectivity index (χ1n) is 5.91. The topological polar surface area (TPSA) is 92.7 Å². The van der Waals surface area contributed by atoms with Gasteiger partial charge in [0.05, 0.1) is 18.6 Å². The van der Waals surface area contributed by atoms with E-state index in [-0.39, 0.29) is 30.9 Å². The van der Waals surface area contributed by atoms with Crippen molar-refractivity contribution in [1.29, 1.82) is 0 Å². The number of esters is 1. The summed E-state index contributed by atoms with van der Waals surface area (Å²) in [5.41, 5.74) is 0.408. The van der Waals surface area contributed by atoms with Crippen LogP contribution in [-0.2, 0) is 14.3 Å². The van der Waals surface area contributed by atoms with E-state index in [0.29, 0.717) is 10.2 Å². The van der Waals surface area contributed by atoms with Gasteiger partial charge in [0.2, 0.25) is 5.91 Å². The zero-order valence-electron chi connectivity index (χ0n) is 10.8. The minimum atomic E-state index is -1.09. The summed E-state index contributed by atoms with van der Waals surface area (Å²) in [6, 6.07) is 4.35. The molecule has 108 valence electrons. The van der Waals surface area contributed by atoms with E-state index in [1.165, 1.54) is 12.1 Å². The SMILES string of the molecule is CCOC(=O)CCC(=O)Nc1cc(Br)cc(C(=O)O)c1. The number of nitrogens with one attached hydrogen (secondary N) is 1. The van der Waals surface area contributed by atoms with Gasteiger partial charge in [-0.2, -0.15) is 0 Å². The van der Waals surface area contributed by atoms with Gasteiger partial charge in [0.1, 0.15) is 0 Å². The predicted octanol–water partition coefficient (Wildman–Crippen LogP) is 2.43. The molecule has 0 aliphatic rings. The first-order chi connectivity index (χ1) is 9.42. The van der Waals surface area contributed by atoms with Crippen molar-refractivity contribution >= 4 is 39.5 Å². The van der Waals surface area contributed by atoms with E-state index in [1.54, 1.807) is 13.0 Å². The number of anilines is 1. The van der Waals surface area contributed by atoms with Crippen LogP contribution in [0.15, 0.2) is 22.7 Å². The minimum Gasteiger partial charge on any atom is -0.478 e. The van der Waals surface area contributed by atoms with Crippen molar-refractivity contribution in [2.75, 3.05) is 11.9 Å². The van der Waals surface area contributed by atoms with Crippen LogP contribution in [0.2, 0.25) is 0 Å². The number of halogens is 1. The van der Waals surface area contributed by atoms with Crippen LogP contribution in [0.3, 0.4) is 0 Å². The van der Waals surface area contributed by atoms with Crippen molar-refractivity contribution in [3.63, 3.8) is 0 Å². The molecule has 1 amide bonds. The average Bonchev–Trinajstić information content (AvgIpc) is 2.36. The molecule has 20 heavy (non-hydrogen) atoms. The predicted molar refractivity (Wildman–Crippen MR) is 75.6 cm³/mol. The second-order valence-corrected chi connectivity index (χ2v) is 4.80. The molecule has 0 aliphatic carbocycles. The summed E-state index contributed by atoms with van der Waals surface area (Å²) in [5, 5.41) is 11.4. The second kappa shape index (κ2) is 7.64. The van der Waals surface area contributed by atoms with Gasteiger partial charge in [-0.3, -0.25) is 9.59 Å². The smallest absolute Gasteiger partial charge is 0.335 e. The van der Waals surface area contributed by atoms with E-state index in [1.807, 2.05) is 0 Å². The van der Waals surface area contributed by atoms with Gasteiger partial charge in [0.15, 0.2) is 0 Å². The maximum Gasteiger partial charge on any atom is 0.335 e. The van der Waals surface area contributed by atoms with Crippen LogP contribution in [-0.4, -0.2) is 29.6 Å². The lowest BCUT2D eigenvalue weighted by atomic mass is 10.2. The van der Waals surface area contributed by atoms with E-state index >= 15 is 0 Å². The summed E-state index contributed by atoms with van der Waals surface area (Å²) in [7, 11) is 0. The van der Waals surface area contributed by atoms with Crippen LogP contribution in [0.1, 0.15) is 30.1 Å². The maximum absolute atomic E-state index is 11.6. The van der Waals surface area contributed by atoms with Crippen LogP contribution in [0.5, 0.6) is 0 Å². The van der Waals surface area contributed by atoms with Crippen molar-refractivity contribution in [2.24, 2.45) is 0 Å². The van der Waals surface area contributed by atoms with E-state index < -0.39 is 11.9 Å². The Morgan fingerprint density at radius 3 is 2.55 bits per heavy atom. The number of carboxylic acids is 1. The molecular formula is C13H14BrNO5. The molecule has 1 rings (SSSR count). The summed E-state index contributed by atoms with van der Waals surface area (Å²) < 4.78 is 5.25. The fraction of sp³-hybridized carbons (Fsp3) is 0.308. The molecule has 0 aromatic heterocycles. The van der Waals surface area contributed by atoms with Gasteiger partial charge in [0.25, 0.3) is 0 Å². The zero-order valence-corrected chi connectivity index (χ0v) is 12.4. The Hall–Kier alpha value is -1.89. The van der Waals surface area contributed by atoms with Gasteiger partial charge in [-0.1, -0.05) is 15.9 Å². The fourth-order valence-corrected chi connectivity index (χ4v) is 1.95. The Balaban J connectivity index is 2.62. The first kappa shape index (κ1) is 16.2. The van der Waals surface area contributed by atoms with E-state index in [9.17, 15) is 14.4 Å². The Bertz CT molecular complexity index is 529. The molecule has 0 saturated heterocycles. The third-order valence-electron chi connectivity index (χ3n) is 2.29. The van der Waals surface area contributed by atoms with E-state index in [2.05, 4.69) is 21.2 Å². The molecule has 2 N–H and O–H groups in total. The van der Waals surface area contributed by atoms with Crippen LogP contribution in [0.25, 0.3) is 0 Å². The van der Waals surface area contributed by atoms with Gasteiger partial charge in [0, 0.05) is 16.6 Å². The number of carbonyl (C=O) groups excluding carboxylic acids is 2. The summed E-state index contributed by atoms with van der Waals surface area (Å²) in [4.78, 5) is 33.6. The van der Waals surface area contributed by atoms with Crippen LogP contribution in [0.4, 0.5) is 5.69 Å². The van der Waals surface area contributed by atoms with Crippen LogP contribution in [0, 0.1) is 0 Å². The van der Waals surface area contributed by atoms with Gasteiger partial charge >= 0.3 is 11.9 Å². The quantitative estimate of drug-likeness (QED) is 0.773. The highest BCUT2D eigenvalue weighted by Gasteiger charge is 2.10. The molecule has 0 bridgehead atoms. The number of rotatable bonds is 6. The van der Waals surface area contributed by atoms with Crippen molar-refractivity contribution in [1.82, 2.24) is 0 Å². The second-order valence-electron chi connectivity index (χ2n) is 3.89. The summed E-state index contributed by atoms with van der Waals surface area (Å²) >= 11 is 3.17. The molecule has 0 aliphatic heterocycles. The molecule has 0 unspecified atom stereocenters. The Morgan fingerprint density at radius 2 is 1.95 bits per heavy atom. The maximum atomic E-state index is 11.6. The van der Waals surface area contributed by atoms with Crippen molar-refractivity contribution in [2.45, 2.75) is 19.8 Å². The van der Waals surface area contributed by atoms with Gasteiger partial charge in [-0.05, 0) is 25.1 Å². The zero-order chi connectivity index (χ0) is 15.1. The summed E-state index contributed by atoms with van der Waals surface area (Å²) in [6.07, 6.45) is -0.0345. The Kier molecular flexibility index (Phi) is 6.17. The number of amides is 1. The first-order valence-corrected chi connectivity index (χ1v) is 6.71. The Morgan fingerprint density at radius 1 is 1.25 bits per heavy atom. The molecule has 0 spiro atoms. The van der Waals surface area contributed by atoms with Gasteiger partial charge in [-0.15, -0.1) is 0 Å². The van der Waals surface area contributed by atoms with Gasteiger partial charge in [-0.25, -0.2) is 4.79 Å². The summed E-state index contributed by atoms with van der Waals surface area (Å²) in [5.74, 6) is -1.91. The number of benzene rings is 1. The van der Waals surface area contributed by atoms with E-state index in [4.69, 9.17) is 9.84 Å². The van der Waals surface area contributed by atoms with Crippen LogP contribution >= 0.6 is 15.9 Å². The number of aromatic carboxylic acids is 1. The van der Waals surface area contributed by atoms with E-state index in [0.717, 1.165) is 0 Å². The Labute approximate surface area is 124 Å². The largest absolute Gasteiger partial charge is 0.478 e. The lowest BCUT2D eigenvalue weighted by Gasteiger charge is -2.07. The fourth-order valence-electron chi connectivity index (χ4n) is 1.46. The monoisotopic (exact) mass is 343 g/mol. The number of carboxylic acid groups (broad SMARTS) is 1. The molecule has 0 atom stereocenters.